The smallest absolute Gasteiger partial charge is 0.243 e. The lowest BCUT2D eigenvalue weighted by atomic mass is 10.2. The average Bonchev–Trinajstić information content (AvgIpc) is 2.59. The molecule has 0 aromatic heterocycles. The Morgan fingerprint density at radius 2 is 1.64 bits per heavy atom. The Morgan fingerprint density at radius 3 is 2.21 bits per heavy atom. The fourth-order valence-corrected chi connectivity index (χ4v) is 6.50. The quantitative estimate of drug-likeness (QED) is 0.655. The third kappa shape index (κ3) is 4.05. The third-order valence-corrected chi connectivity index (χ3v) is 8.83. The number of benzene rings is 2. The minimum absolute atomic E-state index is 0.0690. The molecule has 9 heteroatoms. The molecule has 0 saturated carbocycles. The summed E-state index contributed by atoms with van der Waals surface area (Å²) in [5, 5.41) is -0.324. The minimum atomic E-state index is -3.75. The van der Waals surface area contributed by atoms with Crippen LogP contribution in [0, 0.1) is 6.92 Å². The van der Waals surface area contributed by atoms with Crippen molar-refractivity contribution < 1.29 is 21.6 Å². The molecular formula is C19H22ClNO5S2. The molecule has 1 fully saturated rings. The van der Waals surface area contributed by atoms with Crippen LogP contribution in [0.1, 0.15) is 18.9 Å². The summed E-state index contributed by atoms with van der Waals surface area (Å²) in [7, 11) is -7.36. The molecule has 0 amide bonds. The van der Waals surface area contributed by atoms with Gasteiger partial charge >= 0.3 is 0 Å². The van der Waals surface area contributed by atoms with Crippen LogP contribution in [0.3, 0.4) is 0 Å². The average molecular weight is 444 g/mol. The van der Waals surface area contributed by atoms with E-state index in [0.29, 0.717) is 17.4 Å². The van der Waals surface area contributed by atoms with Crippen LogP contribution in [0.2, 0.25) is 5.02 Å². The number of nitrogens with zero attached hydrogens (tertiary/aromatic N) is 1. The van der Waals surface area contributed by atoms with Crippen molar-refractivity contribution in [3.05, 3.63) is 53.1 Å². The van der Waals surface area contributed by atoms with Gasteiger partial charge in [0.05, 0.1) is 21.6 Å². The van der Waals surface area contributed by atoms with E-state index in [4.69, 9.17) is 16.3 Å². The summed E-state index contributed by atoms with van der Waals surface area (Å²) >= 11 is 5.80. The van der Waals surface area contributed by atoms with Crippen molar-refractivity contribution in [1.82, 2.24) is 4.31 Å². The number of halogens is 1. The molecule has 0 aliphatic carbocycles. The highest BCUT2D eigenvalue weighted by Crippen LogP contribution is 2.31. The van der Waals surface area contributed by atoms with Crippen molar-refractivity contribution in [2.45, 2.75) is 35.3 Å². The number of sulfone groups is 1. The van der Waals surface area contributed by atoms with Crippen LogP contribution in [0.4, 0.5) is 0 Å². The van der Waals surface area contributed by atoms with Crippen LogP contribution in [0.25, 0.3) is 0 Å². The number of aryl methyl sites for hydroxylation is 1. The Morgan fingerprint density at radius 1 is 1.04 bits per heavy atom. The van der Waals surface area contributed by atoms with E-state index in [9.17, 15) is 16.8 Å². The van der Waals surface area contributed by atoms with Gasteiger partial charge in [-0.3, -0.25) is 0 Å². The van der Waals surface area contributed by atoms with Gasteiger partial charge in [-0.2, -0.15) is 4.31 Å². The molecule has 1 saturated heterocycles. The van der Waals surface area contributed by atoms with Gasteiger partial charge in [0.15, 0.2) is 9.84 Å². The highest BCUT2D eigenvalue weighted by Gasteiger charge is 2.44. The first kappa shape index (κ1) is 21.1. The standard InChI is InChI=1S/C19H22ClNO5S2/c1-3-10-26-19-9-8-17(11-14(19)2)28(24,25)21-12-18(13-21)27(22,23)16-6-4-15(20)5-7-16/h4-9,11,18H,3,10,12-13H2,1-2H3. The second-order valence-electron chi connectivity index (χ2n) is 6.72. The largest absolute Gasteiger partial charge is 0.493 e. The maximum absolute atomic E-state index is 12.8. The first-order chi connectivity index (χ1) is 13.2. The Labute approximate surface area is 171 Å². The molecule has 6 nitrogen and oxygen atoms in total. The van der Waals surface area contributed by atoms with Gasteiger partial charge in [0, 0.05) is 18.1 Å². The van der Waals surface area contributed by atoms with E-state index in [-0.39, 0.29) is 22.9 Å². The molecule has 0 radical (unpaired) electrons. The summed E-state index contributed by atoms with van der Waals surface area (Å²) in [6.45, 7) is 4.20. The molecule has 152 valence electrons. The van der Waals surface area contributed by atoms with Crippen LogP contribution < -0.4 is 4.74 Å². The zero-order valence-corrected chi connectivity index (χ0v) is 18.0. The molecule has 1 heterocycles. The van der Waals surface area contributed by atoms with Crippen molar-refractivity contribution in [3.8, 4) is 5.75 Å². The summed E-state index contributed by atoms with van der Waals surface area (Å²) in [5.74, 6) is 0.646. The molecule has 2 aromatic rings. The Hall–Kier alpha value is -1.61. The number of hydrogen-bond acceptors (Lipinski definition) is 5. The molecule has 0 bridgehead atoms. The Balaban J connectivity index is 1.74. The van der Waals surface area contributed by atoms with E-state index in [1.54, 1.807) is 19.1 Å². The normalized spacial score (nSPS) is 16.0. The molecule has 1 aliphatic rings. The molecule has 3 rings (SSSR count). The lowest BCUT2D eigenvalue weighted by Gasteiger charge is -2.37. The highest BCUT2D eigenvalue weighted by atomic mass is 35.5. The van der Waals surface area contributed by atoms with E-state index in [1.807, 2.05) is 6.92 Å². The molecule has 0 atom stereocenters. The molecular weight excluding hydrogens is 422 g/mol. The first-order valence-electron chi connectivity index (χ1n) is 8.89. The second-order valence-corrected chi connectivity index (χ2v) is 11.3. The molecule has 0 spiro atoms. The summed E-state index contributed by atoms with van der Waals surface area (Å²) in [5.41, 5.74) is 0.723. The van der Waals surface area contributed by atoms with Crippen molar-refractivity contribution in [2.75, 3.05) is 19.7 Å². The number of rotatable bonds is 7. The molecule has 0 unspecified atom stereocenters. The monoisotopic (exact) mass is 443 g/mol. The highest BCUT2D eigenvalue weighted by molar-refractivity contribution is 7.92. The summed E-state index contributed by atoms with van der Waals surface area (Å²) in [6, 6.07) is 10.6. The van der Waals surface area contributed by atoms with E-state index >= 15 is 0 Å². The van der Waals surface area contributed by atoms with Gasteiger partial charge in [-0.05, 0) is 61.4 Å². The van der Waals surface area contributed by atoms with Crippen LogP contribution in [0.5, 0.6) is 5.75 Å². The number of hydrogen-bond donors (Lipinski definition) is 0. The molecule has 28 heavy (non-hydrogen) atoms. The van der Waals surface area contributed by atoms with Crippen LogP contribution in [-0.4, -0.2) is 46.1 Å². The van der Waals surface area contributed by atoms with E-state index < -0.39 is 25.1 Å². The van der Waals surface area contributed by atoms with Crippen molar-refractivity contribution >= 4 is 31.5 Å². The topological polar surface area (TPSA) is 80.8 Å². The summed E-state index contributed by atoms with van der Waals surface area (Å²) in [6.07, 6.45) is 0.858. The summed E-state index contributed by atoms with van der Waals surface area (Å²) in [4.78, 5) is 0.281. The van der Waals surface area contributed by atoms with Crippen LogP contribution in [0.15, 0.2) is 52.3 Å². The maximum atomic E-state index is 12.8. The lowest BCUT2D eigenvalue weighted by molar-refractivity contribution is 0.309. The Bertz CT molecular complexity index is 1060. The van der Waals surface area contributed by atoms with Crippen molar-refractivity contribution in [1.29, 1.82) is 0 Å². The van der Waals surface area contributed by atoms with Gasteiger partial charge in [-0.1, -0.05) is 18.5 Å². The minimum Gasteiger partial charge on any atom is -0.493 e. The molecule has 0 N–H and O–H groups in total. The lowest BCUT2D eigenvalue weighted by Crippen LogP contribution is -2.56. The van der Waals surface area contributed by atoms with Crippen molar-refractivity contribution in [3.63, 3.8) is 0 Å². The first-order valence-corrected chi connectivity index (χ1v) is 12.3. The van der Waals surface area contributed by atoms with Crippen molar-refractivity contribution in [2.24, 2.45) is 0 Å². The van der Waals surface area contributed by atoms with Gasteiger partial charge in [-0.15, -0.1) is 0 Å². The van der Waals surface area contributed by atoms with Crippen LogP contribution in [-0.2, 0) is 19.9 Å². The van der Waals surface area contributed by atoms with E-state index in [2.05, 4.69) is 0 Å². The summed E-state index contributed by atoms with van der Waals surface area (Å²) < 4.78 is 57.7. The zero-order chi connectivity index (χ0) is 20.5. The third-order valence-electron chi connectivity index (χ3n) is 4.64. The molecule has 1 aliphatic heterocycles. The predicted molar refractivity (Wildman–Crippen MR) is 108 cm³/mol. The van der Waals surface area contributed by atoms with Gasteiger partial charge in [-0.25, -0.2) is 16.8 Å². The van der Waals surface area contributed by atoms with Gasteiger partial charge in [0.2, 0.25) is 10.0 Å². The van der Waals surface area contributed by atoms with E-state index in [0.717, 1.165) is 12.0 Å². The fraction of sp³-hybridized carbons (Fsp3) is 0.368. The molecule has 2 aromatic carbocycles. The number of sulfonamides is 1. The number of ether oxygens (including phenoxy) is 1. The zero-order valence-electron chi connectivity index (χ0n) is 15.6. The SMILES string of the molecule is CCCOc1ccc(S(=O)(=O)N2CC(S(=O)(=O)c3ccc(Cl)cc3)C2)cc1C. The Kier molecular flexibility index (Phi) is 6.05. The maximum Gasteiger partial charge on any atom is 0.243 e. The van der Waals surface area contributed by atoms with Gasteiger partial charge in [0.25, 0.3) is 0 Å². The predicted octanol–water partition coefficient (Wildman–Crippen LogP) is 3.28. The fourth-order valence-electron chi connectivity index (χ4n) is 2.92. The van der Waals surface area contributed by atoms with Gasteiger partial charge in [0.1, 0.15) is 5.75 Å². The van der Waals surface area contributed by atoms with Crippen LogP contribution >= 0.6 is 11.6 Å². The second kappa shape index (κ2) is 8.02. The van der Waals surface area contributed by atoms with Gasteiger partial charge < -0.3 is 4.74 Å². The van der Waals surface area contributed by atoms with E-state index in [1.165, 1.54) is 34.6 Å².